The number of carbonyl (C=O) groups excluding carboxylic acids is 1. The molecule has 90 valence electrons. The summed E-state index contributed by atoms with van der Waals surface area (Å²) < 4.78 is 10.8. The van der Waals surface area contributed by atoms with E-state index in [0.717, 1.165) is 11.1 Å². The summed E-state index contributed by atoms with van der Waals surface area (Å²) in [5.41, 5.74) is 7.64. The van der Waals surface area contributed by atoms with Crippen molar-refractivity contribution in [2.24, 2.45) is 5.73 Å². The number of carbonyl (C=O) groups is 1. The van der Waals surface area contributed by atoms with Crippen molar-refractivity contribution in [1.82, 2.24) is 0 Å². The van der Waals surface area contributed by atoms with Crippen LogP contribution in [-0.4, -0.2) is 19.6 Å². The van der Waals surface area contributed by atoms with Crippen LogP contribution in [0, 0.1) is 0 Å². The van der Waals surface area contributed by atoms with E-state index >= 15 is 0 Å². The molecule has 1 amide bonds. The minimum absolute atomic E-state index is 0.0956. The van der Waals surface area contributed by atoms with Gasteiger partial charge in [0.1, 0.15) is 0 Å². The molecule has 0 radical (unpaired) electrons. The van der Waals surface area contributed by atoms with Gasteiger partial charge in [-0.15, -0.1) is 0 Å². The van der Waals surface area contributed by atoms with Gasteiger partial charge < -0.3 is 15.2 Å². The van der Waals surface area contributed by atoms with Crippen LogP contribution in [0.25, 0.3) is 0 Å². The fourth-order valence-electron chi connectivity index (χ4n) is 2.00. The second-order valence-corrected chi connectivity index (χ2v) is 4.17. The summed E-state index contributed by atoms with van der Waals surface area (Å²) in [4.78, 5) is 11.2. The van der Waals surface area contributed by atoms with Gasteiger partial charge in [-0.1, -0.05) is 12.2 Å². The Bertz CT molecular complexity index is 494. The van der Waals surface area contributed by atoms with E-state index in [1.807, 2.05) is 6.92 Å². The van der Waals surface area contributed by atoms with Gasteiger partial charge in [-0.25, -0.2) is 0 Å². The van der Waals surface area contributed by atoms with E-state index in [4.69, 9.17) is 15.2 Å². The molecule has 0 saturated carbocycles. The largest absolute Gasteiger partial charge is 0.493 e. The van der Waals surface area contributed by atoms with Crippen LogP contribution in [0.15, 0.2) is 24.3 Å². The predicted octanol–water partition coefficient (Wildman–Crippen LogP) is 1.85. The van der Waals surface area contributed by atoms with Gasteiger partial charge in [0.2, 0.25) is 5.91 Å². The summed E-state index contributed by atoms with van der Waals surface area (Å²) in [6, 6.07) is 3.36. The highest BCUT2D eigenvalue weighted by Crippen LogP contribution is 2.44. The molecule has 4 nitrogen and oxygen atoms in total. The molecular weight excluding hydrogens is 218 g/mol. The first kappa shape index (κ1) is 11.5. The number of fused-ring (bicyclic) bond motifs is 1. The van der Waals surface area contributed by atoms with Gasteiger partial charge in [0.15, 0.2) is 11.5 Å². The highest BCUT2D eigenvalue weighted by atomic mass is 16.5. The maximum absolute atomic E-state index is 11.2. The molecule has 17 heavy (non-hydrogen) atoms. The lowest BCUT2D eigenvalue weighted by Gasteiger charge is -2.10. The van der Waals surface area contributed by atoms with Crippen molar-refractivity contribution < 1.29 is 14.3 Å². The molecule has 2 rings (SSSR count). The second-order valence-electron chi connectivity index (χ2n) is 4.17. The normalized spacial score (nSPS) is 17.2. The van der Waals surface area contributed by atoms with Crippen molar-refractivity contribution in [2.45, 2.75) is 12.8 Å². The molecule has 4 heteroatoms. The molecule has 1 unspecified atom stereocenters. The quantitative estimate of drug-likeness (QED) is 0.810. The fraction of sp³-hybridized carbons (Fsp3) is 0.308. The molecule has 1 aromatic carbocycles. The van der Waals surface area contributed by atoms with E-state index in [2.05, 4.69) is 6.58 Å². The zero-order chi connectivity index (χ0) is 12.6. The van der Waals surface area contributed by atoms with Crippen LogP contribution >= 0.6 is 0 Å². The minimum atomic E-state index is -0.474. The van der Waals surface area contributed by atoms with E-state index < -0.39 is 5.91 Å². The van der Waals surface area contributed by atoms with Crippen LogP contribution in [0.3, 0.4) is 0 Å². The Balaban J connectivity index is 2.58. The first-order valence-corrected chi connectivity index (χ1v) is 5.34. The number of amides is 1. The van der Waals surface area contributed by atoms with Gasteiger partial charge in [-0.2, -0.15) is 0 Å². The van der Waals surface area contributed by atoms with Crippen LogP contribution in [-0.2, 0) is 0 Å². The van der Waals surface area contributed by atoms with Crippen LogP contribution in [0.2, 0.25) is 0 Å². The standard InChI is InChI=1S/C13H15NO3/c1-7(2)10-6-17-12-9(10)4-8(13(14)15)5-11(12)16-3/h4-5,10H,1,6H2,2-3H3,(H2,14,15). The molecule has 0 spiro atoms. The third-order valence-electron chi connectivity index (χ3n) is 2.95. The Hall–Kier alpha value is -1.97. The van der Waals surface area contributed by atoms with Gasteiger partial charge in [0.25, 0.3) is 0 Å². The molecule has 0 aliphatic carbocycles. The smallest absolute Gasteiger partial charge is 0.248 e. The molecule has 0 bridgehead atoms. The Labute approximate surface area is 100 Å². The summed E-state index contributed by atoms with van der Waals surface area (Å²) >= 11 is 0. The number of hydrogen-bond acceptors (Lipinski definition) is 3. The Morgan fingerprint density at radius 2 is 2.29 bits per heavy atom. The van der Waals surface area contributed by atoms with Crippen molar-refractivity contribution in [1.29, 1.82) is 0 Å². The predicted molar refractivity (Wildman–Crippen MR) is 64.6 cm³/mol. The van der Waals surface area contributed by atoms with Gasteiger partial charge in [-0.3, -0.25) is 4.79 Å². The van der Waals surface area contributed by atoms with Crippen LogP contribution < -0.4 is 15.2 Å². The van der Waals surface area contributed by atoms with Crippen LogP contribution in [0.4, 0.5) is 0 Å². The molecule has 1 aliphatic rings. The lowest BCUT2D eigenvalue weighted by molar-refractivity contribution is 0.1000. The molecule has 1 aliphatic heterocycles. The van der Waals surface area contributed by atoms with Crippen molar-refractivity contribution >= 4 is 5.91 Å². The topological polar surface area (TPSA) is 61.6 Å². The van der Waals surface area contributed by atoms with Crippen molar-refractivity contribution in [3.8, 4) is 11.5 Å². The monoisotopic (exact) mass is 233 g/mol. The third-order valence-corrected chi connectivity index (χ3v) is 2.95. The minimum Gasteiger partial charge on any atom is -0.493 e. The van der Waals surface area contributed by atoms with E-state index in [1.165, 1.54) is 7.11 Å². The summed E-state index contributed by atoms with van der Waals surface area (Å²) in [6.07, 6.45) is 0. The number of hydrogen-bond donors (Lipinski definition) is 1. The number of nitrogens with two attached hydrogens (primary N) is 1. The zero-order valence-electron chi connectivity index (χ0n) is 9.95. The van der Waals surface area contributed by atoms with Crippen molar-refractivity contribution in [2.75, 3.05) is 13.7 Å². The zero-order valence-corrected chi connectivity index (χ0v) is 9.95. The van der Waals surface area contributed by atoms with Crippen LogP contribution in [0.1, 0.15) is 28.8 Å². The van der Waals surface area contributed by atoms with Crippen molar-refractivity contribution in [3.63, 3.8) is 0 Å². The van der Waals surface area contributed by atoms with Gasteiger partial charge >= 0.3 is 0 Å². The average Bonchev–Trinajstić information content (AvgIpc) is 2.70. The number of rotatable bonds is 3. The highest BCUT2D eigenvalue weighted by molar-refractivity contribution is 5.94. The highest BCUT2D eigenvalue weighted by Gasteiger charge is 2.29. The number of ether oxygens (including phenoxy) is 2. The molecule has 0 aromatic heterocycles. The first-order chi connectivity index (χ1) is 8.04. The third kappa shape index (κ3) is 1.86. The number of benzene rings is 1. The van der Waals surface area contributed by atoms with Crippen LogP contribution in [0.5, 0.6) is 11.5 Å². The summed E-state index contributed by atoms with van der Waals surface area (Å²) in [5, 5.41) is 0. The lowest BCUT2D eigenvalue weighted by Crippen LogP contribution is -2.11. The Morgan fingerprint density at radius 3 is 2.82 bits per heavy atom. The fourth-order valence-corrected chi connectivity index (χ4v) is 2.00. The lowest BCUT2D eigenvalue weighted by atomic mass is 9.93. The second kappa shape index (κ2) is 4.13. The molecular formula is C13H15NO3. The van der Waals surface area contributed by atoms with E-state index in [0.29, 0.717) is 23.7 Å². The molecule has 1 heterocycles. The summed E-state index contributed by atoms with van der Waals surface area (Å²) in [6.45, 7) is 6.40. The van der Waals surface area contributed by atoms with Gasteiger partial charge in [-0.05, 0) is 19.1 Å². The van der Waals surface area contributed by atoms with E-state index in [9.17, 15) is 4.79 Å². The first-order valence-electron chi connectivity index (χ1n) is 5.34. The summed E-state index contributed by atoms with van der Waals surface area (Å²) in [7, 11) is 1.54. The molecule has 1 aromatic rings. The van der Waals surface area contributed by atoms with E-state index in [1.54, 1.807) is 12.1 Å². The number of primary amides is 1. The average molecular weight is 233 g/mol. The number of methoxy groups -OCH3 is 1. The maximum Gasteiger partial charge on any atom is 0.248 e. The Kier molecular flexibility index (Phi) is 2.79. The molecule has 1 atom stereocenters. The Morgan fingerprint density at radius 1 is 1.59 bits per heavy atom. The summed E-state index contributed by atoms with van der Waals surface area (Å²) in [5.74, 6) is 0.849. The maximum atomic E-state index is 11.2. The molecule has 2 N–H and O–H groups in total. The molecule has 0 saturated heterocycles. The SMILES string of the molecule is C=C(C)C1COc2c(OC)cc(C(N)=O)cc21. The van der Waals surface area contributed by atoms with Gasteiger partial charge in [0.05, 0.1) is 13.7 Å². The van der Waals surface area contributed by atoms with Crippen molar-refractivity contribution in [3.05, 3.63) is 35.4 Å². The van der Waals surface area contributed by atoms with Gasteiger partial charge in [0, 0.05) is 17.0 Å². The molecule has 0 fully saturated rings. The van der Waals surface area contributed by atoms with E-state index in [-0.39, 0.29) is 5.92 Å².